The lowest BCUT2D eigenvalue weighted by Gasteiger charge is -2.10. The molecule has 0 fully saturated rings. The smallest absolute Gasteiger partial charge is 0.261 e. The summed E-state index contributed by atoms with van der Waals surface area (Å²) in [5, 5.41) is 2.84. The molecule has 0 aromatic heterocycles. The van der Waals surface area contributed by atoms with Crippen LogP contribution in [0.15, 0.2) is 77.7 Å². The number of hydrogen-bond acceptors (Lipinski definition) is 3. The molecule has 5 nitrogen and oxygen atoms in total. The van der Waals surface area contributed by atoms with E-state index in [1.807, 2.05) is 44.2 Å². The summed E-state index contributed by atoms with van der Waals surface area (Å²) in [5.74, 6) is -0.253. The average molecular weight is 394 g/mol. The van der Waals surface area contributed by atoms with Crippen molar-refractivity contribution < 1.29 is 13.2 Å². The molecule has 0 atom stereocenters. The van der Waals surface area contributed by atoms with Crippen molar-refractivity contribution >= 4 is 21.6 Å². The summed E-state index contributed by atoms with van der Waals surface area (Å²) in [6.45, 7) is 4.30. The van der Waals surface area contributed by atoms with Gasteiger partial charge in [-0.2, -0.15) is 0 Å². The second-order valence-corrected chi connectivity index (χ2v) is 8.35. The van der Waals surface area contributed by atoms with Gasteiger partial charge in [0.05, 0.1) is 4.90 Å². The summed E-state index contributed by atoms with van der Waals surface area (Å²) in [4.78, 5) is 12.4. The highest BCUT2D eigenvalue weighted by Gasteiger charge is 2.15. The van der Waals surface area contributed by atoms with Gasteiger partial charge in [0.1, 0.15) is 0 Å². The Bertz CT molecular complexity index is 1090. The van der Waals surface area contributed by atoms with E-state index < -0.39 is 10.0 Å². The second kappa shape index (κ2) is 8.27. The number of aryl methyl sites for hydroxylation is 2. The Balaban J connectivity index is 1.67. The zero-order valence-electron chi connectivity index (χ0n) is 15.8. The number of rotatable bonds is 6. The maximum atomic E-state index is 12.5. The Morgan fingerprint density at radius 1 is 0.857 bits per heavy atom. The van der Waals surface area contributed by atoms with E-state index in [1.165, 1.54) is 24.3 Å². The Hall–Kier alpha value is -3.12. The first-order valence-electron chi connectivity index (χ1n) is 8.87. The van der Waals surface area contributed by atoms with Crippen molar-refractivity contribution in [1.82, 2.24) is 5.32 Å². The molecular formula is C22H22N2O3S. The number of carbonyl (C=O) groups is 1. The van der Waals surface area contributed by atoms with Crippen LogP contribution in [0.1, 0.15) is 27.0 Å². The molecule has 3 rings (SSSR count). The zero-order valence-corrected chi connectivity index (χ0v) is 16.6. The summed E-state index contributed by atoms with van der Waals surface area (Å²) < 4.78 is 27.6. The average Bonchev–Trinajstić information content (AvgIpc) is 2.66. The van der Waals surface area contributed by atoms with Crippen molar-refractivity contribution in [3.05, 3.63) is 95.1 Å². The first kappa shape index (κ1) is 19.6. The highest BCUT2D eigenvalue weighted by molar-refractivity contribution is 7.92. The minimum atomic E-state index is -3.71. The van der Waals surface area contributed by atoms with Gasteiger partial charge in [-0.15, -0.1) is 0 Å². The molecule has 0 unspecified atom stereocenters. The fourth-order valence-corrected chi connectivity index (χ4v) is 3.86. The quantitative estimate of drug-likeness (QED) is 0.663. The molecule has 0 radical (unpaired) electrons. The Morgan fingerprint density at radius 3 is 2.14 bits per heavy atom. The topological polar surface area (TPSA) is 75.3 Å². The fourth-order valence-electron chi connectivity index (χ4n) is 2.81. The monoisotopic (exact) mass is 394 g/mol. The molecule has 0 bridgehead atoms. The molecule has 6 heteroatoms. The predicted octanol–water partition coefficient (Wildman–Crippen LogP) is 4.03. The SMILES string of the molecule is Cc1cccc(CNC(=O)c2ccc(S(=O)(=O)Nc3cccc(C)c3)cc2)c1. The summed E-state index contributed by atoms with van der Waals surface area (Å²) in [6.07, 6.45) is 0. The van der Waals surface area contributed by atoms with Gasteiger partial charge in [-0.25, -0.2) is 8.42 Å². The maximum Gasteiger partial charge on any atom is 0.261 e. The van der Waals surface area contributed by atoms with E-state index >= 15 is 0 Å². The molecule has 0 aliphatic carbocycles. The number of hydrogen-bond donors (Lipinski definition) is 2. The molecule has 144 valence electrons. The lowest BCUT2D eigenvalue weighted by Crippen LogP contribution is -2.23. The number of nitrogens with one attached hydrogen (secondary N) is 2. The molecular weight excluding hydrogens is 372 g/mol. The summed E-state index contributed by atoms with van der Waals surface area (Å²) in [6, 6.07) is 20.9. The van der Waals surface area contributed by atoms with Crippen LogP contribution in [-0.2, 0) is 16.6 Å². The van der Waals surface area contributed by atoms with Crippen molar-refractivity contribution in [1.29, 1.82) is 0 Å². The summed E-state index contributed by atoms with van der Waals surface area (Å²) in [7, 11) is -3.71. The first-order chi connectivity index (χ1) is 13.3. The van der Waals surface area contributed by atoms with Crippen LogP contribution < -0.4 is 10.0 Å². The van der Waals surface area contributed by atoms with Crippen LogP contribution in [0.5, 0.6) is 0 Å². The highest BCUT2D eigenvalue weighted by Crippen LogP contribution is 2.17. The van der Waals surface area contributed by atoms with Crippen LogP contribution in [0.3, 0.4) is 0 Å². The standard InChI is InChI=1S/C22H22N2O3S/c1-16-5-3-7-18(13-16)15-23-22(25)19-9-11-21(12-10-19)28(26,27)24-20-8-4-6-17(2)14-20/h3-14,24H,15H2,1-2H3,(H,23,25). The third-order valence-electron chi connectivity index (χ3n) is 4.23. The Kier molecular flexibility index (Phi) is 5.80. The minimum Gasteiger partial charge on any atom is -0.348 e. The molecule has 0 saturated heterocycles. The van der Waals surface area contributed by atoms with Crippen molar-refractivity contribution in [3.8, 4) is 0 Å². The summed E-state index contributed by atoms with van der Waals surface area (Å²) in [5.41, 5.74) is 4.00. The fraction of sp³-hybridized carbons (Fsp3) is 0.136. The molecule has 3 aromatic rings. The predicted molar refractivity (Wildman–Crippen MR) is 111 cm³/mol. The van der Waals surface area contributed by atoms with Crippen LogP contribution in [0.4, 0.5) is 5.69 Å². The van der Waals surface area contributed by atoms with Crippen molar-refractivity contribution in [2.45, 2.75) is 25.3 Å². The van der Waals surface area contributed by atoms with Crippen LogP contribution >= 0.6 is 0 Å². The van der Waals surface area contributed by atoms with Gasteiger partial charge < -0.3 is 5.32 Å². The molecule has 1 amide bonds. The molecule has 0 spiro atoms. The Labute approximate surface area is 165 Å². The number of carbonyl (C=O) groups excluding carboxylic acids is 1. The van der Waals surface area contributed by atoms with Gasteiger partial charge in [0, 0.05) is 17.8 Å². The van der Waals surface area contributed by atoms with E-state index in [9.17, 15) is 13.2 Å². The number of sulfonamides is 1. The maximum absolute atomic E-state index is 12.5. The zero-order chi connectivity index (χ0) is 20.1. The second-order valence-electron chi connectivity index (χ2n) is 6.67. The van der Waals surface area contributed by atoms with E-state index in [2.05, 4.69) is 10.0 Å². The van der Waals surface area contributed by atoms with Gasteiger partial charge >= 0.3 is 0 Å². The van der Waals surface area contributed by atoms with Gasteiger partial charge in [-0.05, 0) is 61.4 Å². The molecule has 0 heterocycles. The molecule has 3 aromatic carbocycles. The molecule has 0 aliphatic heterocycles. The molecule has 28 heavy (non-hydrogen) atoms. The number of anilines is 1. The van der Waals surface area contributed by atoms with E-state index in [0.29, 0.717) is 17.8 Å². The van der Waals surface area contributed by atoms with Gasteiger partial charge in [-0.3, -0.25) is 9.52 Å². The van der Waals surface area contributed by atoms with Crippen LogP contribution in [0, 0.1) is 13.8 Å². The molecule has 2 N–H and O–H groups in total. The van der Waals surface area contributed by atoms with Crippen molar-refractivity contribution in [3.63, 3.8) is 0 Å². The van der Waals surface area contributed by atoms with Crippen molar-refractivity contribution in [2.24, 2.45) is 0 Å². The highest BCUT2D eigenvalue weighted by atomic mass is 32.2. The lowest BCUT2D eigenvalue weighted by molar-refractivity contribution is 0.0951. The minimum absolute atomic E-state index is 0.101. The molecule has 0 aliphatic rings. The van der Waals surface area contributed by atoms with Crippen LogP contribution in [-0.4, -0.2) is 14.3 Å². The van der Waals surface area contributed by atoms with E-state index in [1.54, 1.807) is 18.2 Å². The first-order valence-corrected chi connectivity index (χ1v) is 10.4. The number of benzene rings is 3. The van der Waals surface area contributed by atoms with E-state index in [4.69, 9.17) is 0 Å². The van der Waals surface area contributed by atoms with Gasteiger partial charge in [-0.1, -0.05) is 42.0 Å². The lowest BCUT2D eigenvalue weighted by atomic mass is 10.1. The van der Waals surface area contributed by atoms with Crippen LogP contribution in [0.2, 0.25) is 0 Å². The summed E-state index contributed by atoms with van der Waals surface area (Å²) >= 11 is 0. The van der Waals surface area contributed by atoms with Gasteiger partial charge in [0.2, 0.25) is 0 Å². The normalized spacial score (nSPS) is 11.1. The van der Waals surface area contributed by atoms with E-state index in [0.717, 1.165) is 16.7 Å². The molecule has 0 saturated carbocycles. The largest absolute Gasteiger partial charge is 0.348 e. The van der Waals surface area contributed by atoms with Gasteiger partial charge in [0.25, 0.3) is 15.9 Å². The van der Waals surface area contributed by atoms with Crippen LogP contribution in [0.25, 0.3) is 0 Å². The van der Waals surface area contributed by atoms with Gasteiger partial charge in [0.15, 0.2) is 0 Å². The third kappa shape index (κ3) is 4.98. The Morgan fingerprint density at radius 2 is 1.50 bits per heavy atom. The van der Waals surface area contributed by atoms with E-state index in [-0.39, 0.29) is 10.8 Å². The number of amides is 1. The van der Waals surface area contributed by atoms with Crippen molar-refractivity contribution in [2.75, 3.05) is 4.72 Å². The third-order valence-corrected chi connectivity index (χ3v) is 5.63.